The second kappa shape index (κ2) is 40.6. The first kappa shape index (κ1) is 58.6. The smallest absolute Gasteiger partial charge is 0.465 e. The van der Waals surface area contributed by atoms with E-state index in [0.717, 1.165) is 71.0 Å². The lowest BCUT2D eigenvalue weighted by Crippen LogP contribution is -2.37. The summed E-state index contributed by atoms with van der Waals surface area (Å²) in [5, 5.41) is 0. The second-order valence-electron chi connectivity index (χ2n) is 18.0. The van der Waals surface area contributed by atoms with Crippen molar-refractivity contribution in [3.63, 3.8) is 0 Å². The maximum absolute atomic E-state index is 13.1. The van der Waals surface area contributed by atoms with Crippen LogP contribution in [0.3, 0.4) is 0 Å². The average Bonchev–Trinajstić information content (AvgIpc) is 3.32. The molecule has 1 fully saturated rings. The zero-order chi connectivity index (χ0) is 47.7. The van der Waals surface area contributed by atoms with Crippen molar-refractivity contribution in [2.24, 2.45) is 5.92 Å². The van der Waals surface area contributed by atoms with Crippen molar-refractivity contribution in [2.45, 2.75) is 221 Å². The predicted molar refractivity (Wildman–Crippen MR) is 261 cm³/mol. The number of rotatable bonds is 41. The first-order chi connectivity index (χ1) is 32.3. The number of hydrogen-bond donors (Lipinski definition) is 0. The average molecular weight is 930 g/mol. The van der Waals surface area contributed by atoms with Crippen molar-refractivity contribution >= 4 is 24.1 Å². The SMILES string of the molecule is CCCCC/C=C\CCOC(=O)CCCCCC(=O)OCc1cc(COC(=O)CCC(OCCCCCCCC)OCCCCCCCC)cc(COC(=O)OCC2CCCN(CC)C2)c1. The molecule has 0 bridgehead atoms. The Morgan fingerprint density at radius 1 is 0.561 bits per heavy atom. The Hall–Kier alpha value is -3.48. The molecule has 1 unspecified atom stereocenters. The maximum Gasteiger partial charge on any atom is 0.508 e. The van der Waals surface area contributed by atoms with Gasteiger partial charge >= 0.3 is 24.1 Å². The minimum Gasteiger partial charge on any atom is -0.465 e. The molecule has 0 N–H and O–H groups in total. The molecule has 1 atom stereocenters. The van der Waals surface area contributed by atoms with E-state index in [1.54, 1.807) is 0 Å². The molecule has 0 aliphatic carbocycles. The third-order valence-corrected chi connectivity index (χ3v) is 11.9. The van der Waals surface area contributed by atoms with Crippen LogP contribution < -0.4 is 0 Å². The molecule has 0 amide bonds. The van der Waals surface area contributed by atoms with Gasteiger partial charge in [-0.05, 0) is 106 Å². The standard InChI is InChI=1S/C54H91NO11/c1-5-9-12-15-18-21-25-35-60-50(56)30-23-22-24-31-51(57)63-43-47-38-48(40-49(39-47)45-66-54(59)65-42-46-29-28-34-55(8-4)41-46)44-64-52(58)32-33-53(61-36-26-19-16-13-10-6-2)62-37-27-20-17-14-11-7-3/h18,21,38-40,46,53H,5-17,19-20,22-37,41-45H2,1-4H3/b21-18-. The Labute approximate surface area is 399 Å². The molecule has 1 aromatic carbocycles. The van der Waals surface area contributed by atoms with Crippen LogP contribution in [0.5, 0.6) is 0 Å². The summed E-state index contributed by atoms with van der Waals surface area (Å²) in [5.74, 6) is -0.656. The van der Waals surface area contributed by atoms with Crippen molar-refractivity contribution < 1.29 is 52.3 Å². The first-order valence-corrected chi connectivity index (χ1v) is 26.2. The van der Waals surface area contributed by atoms with E-state index in [4.69, 9.17) is 33.2 Å². The van der Waals surface area contributed by atoms with Crippen LogP contribution in [0.25, 0.3) is 0 Å². The number of nitrogens with zero attached hydrogens (tertiary/aromatic N) is 1. The van der Waals surface area contributed by atoms with E-state index in [1.807, 2.05) is 18.2 Å². The number of ether oxygens (including phenoxy) is 7. The van der Waals surface area contributed by atoms with Gasteiger partial charge in [0.25, 0.3) is 0 Å². The molecule has 1 aliphatic heterocycles. The molecule has 378 valence electrons. The molecule has 1 aliphatic rings. The molecular weight excluding hydrogens is 839 g/mol. The minimum absolute atomic E-state index is 0.000611. The number of esters is 3. The molecule has 0 radical (unpaired) electrons. The lowest BCUT2D eigenvalue weighted by atomic mass is 9.99. The summed E-state index contributed by atoms with van der Waals surface area (Å²) >= 11 is 0. The largest absolute Gasteiger partial charge is 0.508 e. The zero-order valence-electron chi connectivity index (χ0n) is 41.9. The summed E-state index contributed by atoms with van der Waals surface area (Å²) in [6.07, 6.45) is 27.6. The van der Waals surface area contributed by atoms with Crippen LogP contribution in [-0.2, 0) is 67.4 Å². The molecule has 0 spiro atoms. The summed E-state index contributed by atoms with van der Waals surface area (Å²) in [6, 6.07) is 5.46. The van der Waals surface area contributed by atoms with E-state index < -0.39 is 12.4 Å². The third-order valence-electron chi connectivity index (χ3n) is 11.9. The molecule has 0 saturated carbocycles. The van der Waals surface area contributed by atoms with Gasteiger partial charge < -0.3 is 38.1 Å². The molecule has 1 saturated heterocycles. The van der Waals surface area contributed by atoms with Crippen LogP contribution >= 0.6 is 0 Å². The minimum atomic E-state index is -0.737. The highest BCUT2D eigenvalue weighted by Crippen LogP contribution is 2.19. The van der Waals surface area contributed by atoms with Crippen molar-refractivity contribution in [3.8, 4) is 0 Å². The first-order valence-electron chi connectivity index (χ1n) is 26.2. The van der Waals surface area contributed by atoms with Crippen molar-refractivity contribution in [1.82, 2.24) is 4.90 Å². The second-order valence-corrected chi connectivity index (χ2v) is 18.0. The van der Waals surface area contributed by atoms with Gasteiger partial charge in [0, 0.05) is 44.9 Å². The summed E-state index contributed by atoms with van der Waals surface area (Å²) in [4.78, 5) is 53.0. The summed E-state index contributed by atoms with van der Waals surface area (Å²) in [6.45, 7) is 13.5. The van der Waals surface area contributed by atoms with Gasteiger partial charge in [-0.25, -0.2) is 4.79 Å². The fraction of sp³-hybridized carbons (Fsp3) is 0.778. The molecular formula is C54H91NO11. The summed E-state index contributed by atoms with van der Waals surface area (Å²) in [7, 11) is 0. The lowest BCUT2D eigenvalue weighted by molar-refractivity contribution is -0.160. The quantitative estimate of drug-likeness (QED) is 0.0203. The number of allylic oxidation sites excluding steroid dienone is 1. The van der Waals surface area contributed by atoms with Crippen molar-refractivity contribution in [1.29, 1.82) is 0 Å². The van der Waals surface area contributed by atoms with Gasteiger partial charge in [-0.1, -0.05) is 123 Å². The van der Waals surface area contributed by atoms with Crippen LogP contribution in [0.15, 0.2) is 30.4 Å². The monoisotopic (exact) mass is 930 g/mol. The molecule has 66 heavy (non-hydrogen) atoms. The topological polar surface area (TPSA) is 136 Å². The number of likely N-dealkylation sites (tertiary alicyclic amines) is 1. The van der Waals surface area contributed by atoms with Crippen molar-refractivity contribution in [2.75, 3.05) is 46.1 Å². The number of carbonyl (C=O) groups excluding carboxylic acids is 4. The highest BCUT2D eigenvalue weighted by Gasteiger charge is 2.21. The van der Waals surface area contributed by atoms with Gasteiger partial charge in [0.1, 0.15) is 19.8 Å². The van der Waals surface area contributed by atoms with Crippen LogP contribution in [0.2, 0.25) is 0 Å². The van der Waals surface area contributed by atoms with Crippen molar-refractivity contribution in [3.05, 3.63) is 47.0 Å². The summed E-state index contributed by atoms with van der Waals surface area (Å²) in [5.41, 5.74) is 2.01. The summed E-state index contributed by atoms with van der Waals surface area (Å²) < 4.78 is 40.0. The lowest BCUT2D eigenvalue weighted by Gasteiger charge is -2.31. The molecule has 1 heterocycles. The number of piperidine rings is 1. The third kappa shape index (κ3) is 32.3. The Balaban J connectivity index is 1.91. The van der Waals surface area contributed by atoms with Gasteiger partial charge in [0.05, 0.1) is 19.6 Å². The number of hydrogen-bond acceptors (Lipinski definition) is 12. The number of unbranched alkanes of at least 4 members (excludes halogenated alkanes) is 15. The highest BCUT2D eigenvalue weighted by atomic mass is 16.7. The van der Waals surface area contributed by atoms with E-state index in [1.165, 1.54) is 70.6 Å². The Morgan fingerprint density at radius 3 is 1.65 bits per heavy atom. The number of benzene rings is 1. The van der Waals surface area contributed by atoms with Gasteiger partial charge in [-0.2, -0.15) is 0 Å². The van der Waals surface area contributed by atoms with Crippen LogP contribution in [0, 0.1) is 5.92 Å². The van der Waals surface area contributed by atoms with Crippen LogP contribution in [-0.4, -0.2) is 81.3 Å². The fourth-order valence-corrected chi connectivity index (χ4v) is 7.93. The van der Waals surface area contributed by atoms with Gasteiger partial charge in [0.15, 0.2) is 6.29 Å². The number of carbonyl (C=O) groups is 4. The van der Waals surface area contributed by atoms with Gasteiger partial charge in [0.2, 0.25) is 0 Å². The fourth-order valence-electron chi connectivity index (χ4n) is 7.93. The molecule has 0 aromatic heterocycles. The van der Waals surface area contributed by atoms with E-state index in [0.29, 0.717) is 75.2 Å². The van der Waals surface area contributed by atoms with E-state index in [9.17, 15) is 19.2 Å². The van der Waals surface area contributed by atoms with Gasteiger partial charge in [-0.3, -0.25) is 14.4 Å². The molecule has 1 aromatic rings. The molecule has 2 rings (SSSR count). The molecule has 12 heteroatoms. The Kier molecular flexibility index (Phi) is 36.1. The Morgan fingerprint density at radius 2 is 1.06 bits per heavy atom. The predicted octanol–water partition coefficient (Wildman–Crippen LogP) is 13.0. The normalized spacial score (nSPS) is 14.2. The highest BCUT2D eigenvalue weighted by molar-refractivity contribution is 5.70. The van der Waals surface area contributed by atoms with E-state index in [-0.39, 0.29) is 56.5 Å². The maximum atomic E-state index is 13.1. The zero-order valence-corrected chi connectivity index (χ0v) is 41.9. The molecule has 12 nitrogen and oxygen atoms in total. The van der Waals surface area contributed by atoms with Crippen LogP contribution in [0.1, 0.15) is 211 Å². The van der Waals surface area contributed by atoms with E-state index >= 15 is 0 Å². The Bertz CT molecular complexity index is 1420. The van der Waals surface area contributed by atoms with Crippen LogP contribution in [0.4, 0.5) is 4.79 Å². The van der Waals surface area contributed by atoms with Gasteiger partial charge in [-0.15, -0.1) is 0 Å². The van der Waals surface area contributed by atoms with E-state index in [2.05, 4.69) is 44.7 Å².